The number of carbonyl (C=O) groups excluding carboxylic acids is 1. The second-order valence-electron chi connectivity index (χ2n) is 8.98. The van der Waals surface area contributed by atoms with E-state index in [1.165, 1.54) is 17.8 Å². The summed E-state index contributed by atoms with van der Waals surface area (Å²) in [6.07, 6.45) is -4.44. The number of aromatic nitrogens is 3. The number of alkyl halides is 3. The minimum Gasteiger partial charge on any atom is -0.490 e. The van der Waals surface area contributed by atoms with Gasteiger partial charge >= 0.3 is 6.18 Å². The van der Waals surface area contributed by atoms with Crippen molar-refractivity contribution < 1.29 is 32.2 Å². The summed E-state index contributed by atoms with van der Waals surface area (Å²) >= 11 is 7.46. The third-order valence-corrected chi connectivity index (χ3v) is 7.20. The Bertz CT molecular complexity index is 1540. The van der Waals surface area contributed by atoms with Gasteiger partial charge in [0.15, 0.2) is 22.5 Å². The molecule has 0 aliphatic rings. The molecule has 13 heteroatoms. The van der Waals surface area contributed by atoms with E-state index in [9.17, 15) is 18.0 Å². The lowest BCUT2D eigenvalue weighted by atomic mass is 10.1. The van der Waals surface area contributed by atoms with Gasteiger partial charge in [0, 0.05) is 16.3 Å². The van der Waals surface area contributed by atoms with Crippen molar-refractivity contribution in [1.82, 2.24) is 20.1 Å². The summed E-state index contributed by atoms with van der Waals surface area (Å²) in [5, 5.41) is 12.3. The number of benzene rings is 3. The van der Waals surface area contributed by atoms with Crippen LogP contribution in [0, 0.1) is 0 Å². The van der Waals surface area contributed by atoms with E-state index in [1.54, 1.807) is 47.0 Å². The topological polar surface area (TPSA) is 87.5 Å². The first kappa shape index (κ1) is 32.0. The highest BCUT2D eigenvalue weighted by Crippen LogP contribution is 2.39. The zero-order valence-corrected chi connectivity index (χ0v) is 25.3. The molecule has 1 heterocycles. The predicted molar refractivity (Wildman–Crippen MR) is 158 cm³/mol. The molecule has 0 aliphatic carbocycles. The highest BCUT2D eigenvalue weighted by molar-refractivity contribution is 7.98. The predicted octanol–water partition coefficient (Wildman–Crippen LogP) is 7.36. The molecule has 0 atom stereocenters. The molecule has 0 fully saturated rings. The van der Waals surface area contributed by atoms with E-state index in [1.807, 2.05) is 20.8 Å². The number of hydrogen-bond acceptors (Lipinski definition) is 7. The molecule has 3 aromatic carbocycles. The number of nitrogens with zero attached hydrogens (tertiary/aromatic N) is 3. The van der Waals surface area contributed by atoms with Crippen molar-refractivity contribution in [3.63, 3.8) is 0 Å². The van der Waals surface area contributed by atoms with E-state index in [0.29, 0.717) is 69.9 Å². The zero-order chi connectivity index (χ0) is 31.0. The van der Waals surface area contributed by atoms with Crippen molar-refractivity contribution in [1.29, 1.82) is 0 Å². The van der Waals surface area contributed by atoms with Crippen molar-refractivity contribution in [2.75, 3.05) is 19.8 Å². The Morgan fingerprint density at radius 3 is 2.23 bits per heavy atom. The van der Waals surface area contributed by atoms with Gasteiger partial charge in [0.25, 0.3) is 5.91 Å². The van der Waals surface area contributed by atoms with Crippen molar-refractivity contribution in [2.24, 2.45) is 0 Å². The minimum absolute atomic E-state index is 0.0103. The number of ether oxygens (including phenoxy) is 3. The summed E-state index contributed by atoms with van der Waals surface area (Å²) in [7, 11) is 0. The third-order valence-electron chi connectivity index (χ3n) is 5.97. The number of carbonyl (C=O) groups is 1. The Morgan fingerprint density at radius 1 is 0.930 bits per heavy atom. The van der Waals surface area contributed by atoms with E-state index in [4.69, 9.17) is 25.8 Å². The van der Waals surface area contributed by atoms with Crippen LogP contribution < -0.4 is 19.5 Å². The van der Waals surface area contributed by atoms with Gasteiger partial charge in [-0.3, -0.25) is 9.36 Å². The van der Waals surface area contributed by atoms with Crippen molar-refractivity contribution in [2.45, 2.75) is 44.4 Å². The Kier molecular flexibility index (Phi) is 10.8. The summed E-state index contributed by atoms with van der Waals surface area (Å²) in [6.45, 7) is 6.60. The molecular weight excluding hydrogens is 605 g/mol. The fraction of sp³-hybridized carbons (Fsp3) is 0.300. The van der Waals surface area contributed by atoms with Gasteiger partial charge in [-0.05, 0) is 62.7 Å². The Labute approximate surface area is 256 Å². The van der Waals surface area contributed by atoms with Crippen LogP contribution in [-0.2, 0) is 18.5 Å². The van der Waals surface area contributed by atoms with Gasteiger partial charge < -0.3 is 19.5 Å². The molecule has 8 nitrogen and oxygen atoms in total. The fourth-order valence-electron chi connectivity index (χ4n) is 4.15. The van der Waals surface area contributed by atoms with E-state index in [0.717, 1.165) is 12.1 Å². The van der Waals surface area contributed by atoms with Gasteiger partial charge in [-0.25, -0.2) is 0 Å². The molecule has 0 aliphatic heterocycles. The highest BCUT2D eigenvalue weighted by Gasteiger charge is 2.30. The van der Waals surface area contributed by atoms with Crippen LogP contribution in [0.3, 0.4) is 0 Å². The first-order valence-electron chi connectivity index (χ1n) is 13.5. The molecule has 4 rings (SSSR count). The largest absolute Gasteiger partial charge is 0.490 e. The molecule has 0 radical (unpaired) electrons. The number of halogens is 4. The summed E-state index contributed by atoms with van der Waals surface area (Å²) in [6, 6.07) is 15.3. The van der Waals surface area contributed by atoms with E-state index in [-0.39, 0.29) is 12.3 Å². The molecule has 1 amide bonds. The van der Waals surface area contributed by atoms with Gasteiger partial charge in [0.1, 0.15) is 0 Å². The number of rotatable bonds is 13. The molecule has 228 valence electrons. The molecule has 0 saturated heterocycles. The lowest BCUT2D eigenvalue weighted by Crippen LogP contribution is -2.25. The molecule has 0 spiro atoms. The van der Waals surface area contributed by atoms with Crippen molar-refractivity contribution in [3.8, 4) is 22.9 Å². The smallest absolute Gasteiger partial charge is 0.416 e. The lowest BCUT2D eigenvalue weighted by molar-refractivity contribution is -0.137. The van der Waals surface area contributed by atoms with Crippen LogP contribution >= 0.6 is 23.4 Å². The Balaban J connectivity index is 1.60. The molecule has 1 aromatic heterocycles. The molecule has 1 N–H and O–H groups in total. The average molecular weight is 635 g/mol. The maximum atomic E-state index is 13.3. The second kappa shape index (κ2) is 14.5. The summed E-state index contributed by atoms with van der Waals surface area (Å²) in [5.74, 6) is 1.38. The van der Waals surface area contributed by atoms with Crippen LogP contribution in [-0.4, -0.2) is 40.5 Å². The monoisotopic (exact) mass is 634 g/mol. The Hall–Kier alpha value is -3.90. The molecule has 43 heavy (non-hydrogen) atoms. The van der Waals surface area contributed by atoms with Crippen LogP contribution in [0.5, 0.6) is 17.2 Å². The maximum Gasteiger partial charge on any atom is 0.416 e. The van der Waals surface area contributed by atoms with Gasteiger partial charge in [0.2, 0.25) is 5.75 Å². The lowest BCUT2D eigenvalue weighted by Gasteiger charge is -2.17. The van der Waals surface area contributed by atoms with E-state index >= 15 is 0 Å². The zero-order valence-electron chi connectivity index (χ0n) is 23.7. The summed E-state index contributed by atoms with van der Waals surface area (Å²) in [4.78, 5) is 13.3. The number of hydrogen-bond donors (Lipinski definition) is 1. The molecular formula is C30H30ClF3N4O4S. The number of amides is 1. The Morgan fingerprint density at radius 2 is 1.60 bits per heavy atom. The SMILES string of the molecule is CCOc1cc(C(=O)NCc2nnc(SCc3cccc(C(F)(F)F)c3)n2-c2cccc(Cl)c2)cc(OCC)c1OCC. The van der Waals surface area contributed by atoms with E-state index in [2.05, 4.69) is 15.5 Å². The molecule has 0 unspecified atom stereocenters. The second-order valence-corrected chi connectivity index (χ2v) is 10.4. The van der Waals surface area contributed by atoms with Crippen LogP contribution in [0.4, 0.5) is 13.2 Å². The van der Waals surface area contributed by atoms with Crippen LogP contribution in [0.25, 0.3) is 5.69 Å². The van der Waals surface area contributed by atoms with Crippen molar-refractivity contribution in [3.05, 3.63) is 88.2 Å². The van der Waals surface area contributed by atoms with Gasteiger partial charge in [-0.15, -0.1) is 10.2 Å². The van der Waals surface area contributed by atoms with E-state index < -0.39 is 17.6 Å². The van der Waals surface area contributed by atoms with Crippen LogP contribution in [0.15, 0.2) is 65.8 Å². The van der Waals surface area contributed by atoms with Crippen LogP contribution in [0.1, 0.15) is 48.1 Å². The normalized spacial score (nSPS) is 11.3. The summed E-state index contributed by atoms with van der Waals surface area (Å²) in [5.41, 5.74) is 0.676. The first-order valence-corrected chi connectivity index (χ1v) is 14.8. The molecule has 4 aromatic rings. The minimum atomic E-state index is -4.44. The van der Waals surface area contributed by atoms with Crippen LogP contribution in [0.2, 0.25) is 5.02 Å². The van der Waals surface area contributed by atoms with Gasteiger partial charge in [-0.1, -0.05) is 47.6 Å². The number of nitrogens with one attached hydrogen (secondary N) is 1. The van der Waals surface area contributed by atoms with Gasteiger partial charge in [0.05, 0.1) is 37.6 Å². The molecule has 0 saturated carbocycles. The van der Waals surface area contributed by atoms with Gasteiger partial charge in [-0.2, -0.15) is 13.2 Å². The number of thioether (sulfide) groups is 1. The molecule has 0 bridgehead atoms. The fourth-order valence-corrected chi connectivity index (χ4v) is 5.25. The first-order chi connectivity index (χ1) is 20.6. The highest BCUT2D eigenvalue weighted by atomic mass is 35.5. The summed E-state index contributed by atoms with van der Waals surface area (Å²) < 4.78 is 58.5. The average Bonchev–Trinajstić information content (AvgIpc) is 3.39. The third kappa shape index (κ3) is 8.14. The quantitative estimate of drug-likeness (QED) is 0.154. The standard InChI is InChI=1S/C30H30ClF3N4O4S/c1-4-40-24-14-20(15-25(41-5-2)27(24)42-6-3)28(39)35-17-26-36-37-29(38(26)23-12-8-11-22(31)16-23)43-18-19-9-7-10-21(13-19)30(32,33)34/h7-16H,4-6,17-18H2,1-3H3,(H,35,39). The van der Waals surface area contributed by atoms with Crippen molar-refractivity contribution >= 4 is 29.3 Å². The maximum absolute atomic E-state index is 13.3.